The SMILES string of the molecule is CCCCCCCCCCCCCCCCCCOCCOP(=O)(OC(C)c1ccccc1)O[C@@H]1O[C@@H](N2C=C(F)C(N)NC2=O)CS1. The van der Waals surface area contributed by atoms with Crippen molar-refractivity contribution in [2.24, 2.45) is 5.73 Å². The number of hydrogen-bond acceptors (Lipinski definition) is 9. The number of nitrogens with zero attached hydrogens (tertiary/aromatic N) is 1. The molecule has 0 spiro atoms. The summed E-state index contributed by atoms with van der Waals surface area (Å²) in [6.07, 6.45) is 19.4. The second-order valence-electron chi connectivity index (χ2n) is 12.5. The lowest BCUT2D eigenvalue weighted by atomic mass is 10.0. The van der Waals surface area contributed by atoms with Gasteiger partial charge < -0.3 is 20.5 Å². The number of rotatable bonds is 27. The molecule has 0 aliphatic carbocycles. The molecular weight excluding hydrogens is 656 g/mol. The molecule has 1 fully saturated rings. The van der Waals surface area contributed by atoms with Crippen molar-refractivity contribution in [3.8, 4) is 0 Å². The number of phosphoric ester groups is 1. The molecule has 3 rings (SSSR count). The van der Waals surface area contributed by atoms with Gasteiger partial charge in [0.15, 0.2) is 12.1 Å². The minimum atomic E-state index is -4.14. The summed E-state index contributed by atoms with van der Waals surface area (Å²) >= 11 is 1.15. The van der Waals surface area contributed by atoms with E-state index in [0.29, 0.717) is 6.61 Å². The molecule has 1 saturated heterocycles. The number of carbonyl (C=O) groups excluding carboxylic acids is 1. The Bertz CT molecular complexity index is 1110. The molecule has 3 N–H and O–H groups in total. The minimum Gasteiger partial charge on any atom is -0.379 e. The van der Waals surface area contributed by atoms with Crippen LogP contribution in [0.4, 0.5) is 9.18 Å². The molecule has 48 heavy (non-hydrogen) atoms. The van der Waals surface area contributed by atoms with Crippen LogP contribution in [0.25, 0.3) is 0 Å². The summed E-state index contributed by atoms with van der Waals surface area (Å²) in [5, 5.41) is 2.31. The zero-order chi connectivity index (χ0) is 34.5. The van der Waals surface area contributed by atoms with Crippen molar-refractivity contribution >= 4 is 25.6 Å². The topological polar surface area (TPSA) is 122 Å². The number of amides is 2. The fraction of sp³-hybridized carbons (Fsp3) is 0.743. The maximum Gasteiger partial charge on any atom is 0.478 e. The Morgan fingerprint density at radius 2 is 1.52 bits per heavy atom. The Kier molecular flexibility index (Phi) is 20.3. The standard InChI is InChI=1S/C35H59FN3O7PS/c1-3-4-5-6-7-8-9-10-11-12-13-14-15-16-17-21-24-42-25-26-43-47(41,45-29(2)30-22-19-18-20-23-30)46-35-44-32(28-48-35)39-27-31(36)33(37)38-34(39)40/h18-20,22-23,27,29,32-33,35H,3-17,21,24-26,28,37H2,1-2H3,(H,38,40)/t29?,32-,33?,35+,47?/m1/s1. The maximum absolute atomic E-state index is 14.0. The van der Waals surface area contributed by atoms with Crippen LogP contribution in [0.15, 0.2) is 42.4 Å². The molecule has 1 aromatic rings. The number of urea groups is 1. The van der Waals surface area contributed by atoms with E-state index in [0.717, 1.165) is 41.3 Å². The Labute approximate surface area is 292 Å². The second-order valence-corrected chi connectivity index (χ2v) is 15.1. The summed E-state index contributed by atoms with van der Waals surface area (Å²) < 4.78 is 56.6. The molecule has 0 saturated carbocycles. The van der Waals surface area contributed by atoms with Gasteiger partial charge in [-0.25, -0.2) is 18.3 Å². The molecule has 13 heteroatoms. The fourth-order valence-corrected chi connectivity index (χ4v) is 8.13. The van der Waals surface area contributed by atoms with Crippen LogP contribution in [0.1, 0.15) is 128 Å². The van der Waals surface area contributed by atoms with Crippen LogP contribution < -0.4 is 11.1 Å². The lowest BCUT2D eigenvalue weighted by Crippen LogP contribution is -2.54. The number of halogens is 1. The van der Waals surface area contributed by atoms with E-state index >= 15 is 0 Å². The highest BCUT2D eigenvalue weighted by molar-refractivity contribution is 8.00. The van der Waals surface area contributed by atoms with Crippen molar-refractivity contribution in [2.45, 2.75) is 141 Å². The molecule has 1 aromatic carbocycles. The summed E-state index contributed by atoms with van der Waals surface area (Å²) in [6, 6.07) is 8.70. The van der Waals surface area contributed by atoms with Crippen molar-refractivity contribution < 1.29 is 36.8 Å². The predicted octanol–water partition coefficient (Wildman–Crippen LogP) is 9.68. The lowest BCUT2D eigenvalue weighted by molar-refractivity contribution is -0.0952. The van der Waals surface area contributed by atoms with Crippen LogP contribution in [-0.4, -0.2) is 54.5 Å². The van der Waals surface area contributed by atoms with Crippen LogP contribution in [0, 0.1) is 0 Å². The molecule has 0 aromatic heterocycles. The van der Waals surface area contributed by atoms with Gasteiger partial charge in [0, 0.05) is 18.6 Å². The predicted molar refractivity (Wildman–Crippen MR) is 190 cm³/mol. The largest absolute Gasteiger partial charge is 0.478 e. The number of benzene rings is 1. The van der Waals surface area contributed by atoms with Gasteiger partial charge >= 0.3 is 13.9 Å². The summed E-state index contributed by atoms with van der Waals surface area (Å²) in [6.45, 7) is 4.85. The smallest absolute Gasteiger partial charge is 0.379 e. The number of phosphoric acid groups is 1. The molecule has 2 aliphatic heterocycles. The Morgan fingerprint density at radius 1 is 0.938 bits per heavy atom. The van der Waals surface area contributed by atoms with Gasteiger partial charge in [-0.15, -0.1) is 0 Å². The van der Waals surface area contributed by atoms with Gasteiger partial charge in [0.05, 0.1) is 19.3 Å². The molecule has 2 heterocycles. The third kappa shape index (κ3) is 16.0. The summed E-state index contributed by atoms with van der Waals surface area (Å²) in [4.78, 5) is 13.4. The molecule has 3 unspecified atom stereocenters. The number of carbonyl (C=O) groups is 1. The zero-order valence-corrected chi connectivity index (χ0v) is 30.7. The van der Waals surface area contributed by atoms with Gasteiger partial charge in [-0.1, -0.05) is 145 Å². The number of nitrogens with two attached hydrogens (primary N) is 1. The highest BCUT2D eigenvalue weighted by atomic mass is 32.2. The monoisotopic (exact) mass is 715 g/mol. The lowest BCUT2D eigenvalue weighted by Gasteiger charge is -2.30. The van der Waals surface area contributed by atoms with E-state index in [1.165, 1.54) is 89.9 Å². The summed E-state index contributed by atoms with van der Waals surface area (Å²) in [5.74, 6) is -0.463. The minimum absolute atomic E-state index is 0.00116. The van der Waals surface area contributed by atoms with Crippen molar-refractivity contribution in [1.82, 2.24) is 10.2 Å². The number of thioether (sulfide) groups is 1. The van der Waals surface area contributed by atoms with Gasteiger partial charge in [0.1, 0.15) is 6.17 Å². The van der Waals surface area contributed by atoms with Crippen molar-refractivity contribution in [1.29, 1.82) is 0 Å². The summed E-state index contributed by atoms with van der Waals surface area (Å²) in [7, 11) is -4.14. The van der Waals surface area contributed by atoms with E-state index in [9.17, 15) is 13.8 Å². The van der Waals surface area contributed by atoms with Gasteiger partial charge in [-0.3, -0.25) is 13.9 Å². The van der Waals surface area contributed by atoms with E-state index in [2.05, 4.69) is 12.2 Å². The van der Waals surface area contributed by atoms with E-state index in [1.54, 1.807) is 6.92 Å². The Morgan fingerprint density at radius 3 is 2.12 bits per heavy atom. The molecule has 2 amide bonds. The molecular formula is C35H59FN3O7PS. The molecule has 2 aliphatic rings. The van der Waals surface area contributed by atoms with Crippen LogP contribution in [0.3, 0.4) is 0 Å². The maximum atomic E-state index is 14.0. The van der Waals surface area contributed by atoms with Crippen LogP contribution in [0.2, 0.25) is 0 Å². The van der Waals surface area contributed by atoms with Crippen molar-refractivity contribution in [3.63, 3.8) is 0 Å². The van der Waals surface area contributed by atoms with Gasteiger partial charge in [-0.05, 0) is 18.9 Å². The van der Waals surface area contributed by atoms with Crippen LogP contribution >= 0.6 is 19.6 Å². The first-order valence-electron chi connectivity index (χ1n) is 18.0. The fourth-order valence-electron chi connectivity index (χ4n) is 5.56. The second kappa shape index (κ2) is 23.8. The molecule has 274 valence electrons. The van der Waals surface area contributed by atoms with Crippen molar-refractivity contribution in [3.05, 3.63) is 47.9 Å². The third-order valence-corrected chi connectivity index (χ3v) is 11.0. The van der Waals surface area contributed by atoms with Crippen LogP contribution in [-0.2, 0) is 27.6 Å². The summed E-state index contributed by atoms with van der Waals surface area (Å²) in [5.41, 5.74) is 5.25. The average Bonchev–Trinajstić information content (AvgIpc) is 3.53. The van der Waals surface area contributed by atoms with E-state index in [-0.39, 0.29) is 19.0 Å². The number of ether oxygens (including phenoxy) is 2. The van der Waals surface area contributed by atoms with E-state index in [1.807, 2.05) is 30.3 Å². The third-order valence-electron chi connectivity index (χ3n) is 8.42. The normalized spacial score (nSPS) is 21.6. The Hall–Kier alpha value is -1.50. The zero-order valence-electron chi connectivity index (χ0n) is 29.0. The highest BCUT2D eigenvalue weighted by Gasteiger charge is 2.41. The number of hydrogen-bond donors (Lipinski definition) is 2. The Balaban J connectivity index is 1.29. The van der Waals surface area contributed by atoms with E-state index < -0.39 is 43.8 Å². The molecule has 0 bridgehead atoms. The first-order chi connectivity index (χ1) is 23.3. The highest BCUT2D eigenvalue weighted by Crippen LogP contribution is 2.56. The molecule has 0 radical (unpaired) electrons. The first kappa shape index (κ1) is 40.9. The number of unbranched alkanes of at least 4 members (excludes halogenated alkanes) is 15. The first-order valence-corrected chi connectivity index (χ1v) is 20.5. The van der Waals surface area contributed by atoms with Gasteiger partial charge in [0.2, 0.25) is 5.62 Å². The van der Waals surface area contributed by atoms with Crippen LogP contribution in [0.5, 0.6) is 0 Å². The van der Waals surface area contributed by atoms with Crippen molar-refractivity contribution in [2.75, 3.05) is 25.6 Å². The molecule has 10 nitrogen and oxygen atoms in total. The number of nitrogens with one attached hydrogen (secondary N) is 1. The molecule has 5 atom stereocenters. The quantitative estimate of drug-likeness (QED) is 0.0677. The van der Waals surface area contributed by atoms with Gasteiger partial charge in [-0.2, -0.15) is 0 Å². The van der Waals surface area contributed by atoms with E-state index in [4.69, 9.17) is 28.8 Å². The average molecular weight is 716 g/mol. The van der Waals surface area contributed by atoms with Gasteiger partial charge in [0.25, 0.3) is 0 Å².